The summed E-state index contributed by atoms with van der Waals surface area (Å²) in [5, 5.41) is 4.54. The number of rotatable bonds is 0. The van der Waals surface area contributed by atoms with E-state index in [0.29, 0.717) is 10.8 Å². The fourth-order valence-electron chi connectivity index (χ4n) is 3.63. The van der Waals surface area contributed by atoms with Crippen LogP contribution in [0.5, 0.6) is 0 Å². The summed E-state index contributed by atoms with van der Waals surface area (Å²) in [6, 6.07) is 47.9. The predicted molar refractivity (Wildman–Crippen MR) is 137 cm³/mol. The average molecular weight is 432 g/mol. The number of benzene rings is 4. The highest BCUT2D eigenvalue weighted by atomic mass is 16.2. The molecular formula is C32H16O2. The van der Waals surface area contributed by atoms with Crippen LogP contribution in [0.2, 0.25) is 0 Å². The van der Waals surface area contributed by atoms with Gasteiger partial charge in [0.15, 0.2) is 0 Å². The third kappa shape index (κ3) is 4.16. The Kier molecular flexibility index (Phi) is 5.61. The van der Waals surface area contributed by atoms with E-state index in [0.717, 1.165) is 21.5 Å². The molecule has 0 aliphatic rings. The van der Waals surface area contributed by atoms with E-state index in [1.807, 2.05) is 48.5 Å². The lowest BCUT2D eigenvalue weighted by molar-refractivity contribution is 1.60. The van der Waals surface area contributed by atoms with E-state index in [1.54, 1.807) is 48.5 Å². The molecule has 0 aromatic heterocycles. The summed E-state index contributed by atoms with van der Waals surface area (Å²) >= 11 is 0. The molecule has 5 aromatic carbocycles. The first kappa shape index (κ1) is 20.8. The third-order valence-electron chi connectivity index (χ3n) is 5.40. The van der Waals surface area contributed by atoms with Crippen LogP contribution < -0.4 is 10.9 Å². The van der Waals surface area contributed by atoms with Gasteiger partial charge in [0, 0.05) is 43.1 Å². The molecular weight excluding hydrogens is 416 g/mol. The molecule has 5 aromatic rings. The van der Waals surface area contributed by atoms with E-state index in [9.17, 15) is 9.59 Å². The standard InChI is InChI=1S/C32H16O2/c33-31-29-15-7-5-13-27(29)21-19-25-11-3-1-9-23(25)17-18-24-10-2-4-12-26(24)20-22-28-14-6-8-16-30(28)32(31)34/h1-16H. The second-order valence-corrected chi connectivity index (χ2v) is 7.59. The van der Waals surface area contributed by atoms with Crippen molar-refractivity contribution in [1.82, 2.24) is 0 Å². The van der Waals surface area contributed by atoms with Crippen LogP contribution in [0, 0.1) is 36.4 Å². The quantitative estimate of drug-likeness (QED) is 0.278. The number of hydrogen-bond donors (Lipinski definition) is 0. The lowest BCUT2D eigenvalue weighted by Crippen LogP contribution is -2.21. The van der Waals surface area contributed by atoms with Gasteiger partial charge in [-0.25, -0.2) is 0 Å². The SMILES string of the molecule is O=c1c(=O)c2ccccc2c#cc2ccccc2c#cc2ccccc2c#cc2ccccc12. The summed E-state index contributed by atoms with van der Waals surface area (Å²) in [4.78, 5) is 26.5. The van der Waals surface area contributed by atoms with Crippen LogP contribution in [0.25, 0.3) is 43.1 Å². The van der Waals surface area contributed by atoms with Gasteiger partial charge < -0.3 is 0 Å². The van der Waals surface area contributed by atoms with E-state index in [1.165, 1.54) is 0 Å². The topological polar surface area (TPSA) is 34.1 Å². The van der Waals surface area contributed by atoms with Crippen molar-refractivity contribution >= 4 is 43.1 Å². The minimum Gasteiger partial charge on any atom is -0.285 e. The van der Waals surface area contributed by atoms with Gasteiger partial charge in [0.2, 0.25) is 10.9 Å². The first-order valence-corrected chi connectivity index (χ1v) is 10.7. The van der Waals surface area contributed by atoms with Crippen LogP contribution in [0.15, 0.2) is 107 Å². The number of fused-ring (bicyclic) bond motifs is 4. The maximum atomic E-state index is 13.2. The predicted octanol–water partition coefficient (Wildman–Crippen LogP) is 6.07. The highest BCUT2D eigenvalue weighted by Crippen LogP contribution is 2.10. The minimum absolute atomic E-state index is 0.267. The Balaban J connectivity index is 2.04. The molecule has 0 aliphatic carbocycles. The summed E-state index contributed by atoms with van der Waals surface area (Å²) in [5.41, 5.74) is -1.22. The van der Waals surface area contributed by atoms with Gasteiger partial charge in [0.25, 0.3) is 0 Å². The summed E-state index contributed by atoms with van der Waals surface area (Å²) in [7, 11) is 0. The highest BCUT2D eigenvalue weighted by Gasteiger charge is 2.01. The zero-order chi connectivity index (χ0) is 23.3. The maximum absolute atomic E-state index is 13.2. The number of hydrogen-bond acceptors (Lipinski definition) is 2. The minimum atomic E-state index is -0.611. The fraction of sp³-hybridized carbons (Fsp3) is 0. The lowest BCUT2D eigenvalue weighted by atomic mass is 10.1. The molecule has 0 N–H and O–H groups in total. The van der Waals surface area contributed by atoms with Gasteiger partial charge in [0.05, 0.1) is 0 Å². The van der Waals surface area contributed by atoms with E-state index in [-0.39, 0.29) is 10.8 Å². The van der Waals surface area contributed by atoms with Gasteiger partial charge in [-0.05, 0) is 48.5 Å². The van der Waals surface area contributed by atoms with Gasteiger partial charge >= 0.3 is 0 Å². The van der Waals surface area contributed by atoms with Crippen molar-refractivity contribution in [2.75, 3.05) is 0 Å². The van der Waals surface area contributed by atoms with E-state index in [2.05, 4.69) is 36.4 Å². The smallest absolute Gasteiger partial charge is 0.234 e. The van der Waals surface area contributed by atoms with Crippen molar-refractivity contribution in [2.45, 2.75) is 0 Å². The van der Waals surface area contributed by atoms with Crippen molar-refractivity contribution in [2.24, 2.45) is 0 Å². The van der Waals surface area contributed by atoms with Crippen LogP contribution in [0.3, 0.4) is 0 Å². The monoisotopic (exact) mass is 432 g/mol. The Morgan fingerprint density at radius 2 is 0.559 bits per heavy atom. The molecule has 0 unspecified atom stereocenters. The van der Waals surface area contributed by atoms with Crippen LogP contribution in [-0.4, -0.2) is 0 Å². The largest absolute Gasteiger partial charge is 0.285 e. The molecule has 156 valence electrons. The van der Waals surface area contributed by atoms with Crippen molar-refractivity contribution < 1.29 is 0 Å². The van der Waals surface area contributed by atoms with Gasteiger partial charge in [-0.2, -0.15) is 0 Å². The molecule has 0 saturated heterocycles. The van der Waals surface area contributed by atoms with Gasteiger partial charge in [-0.1, -0.05) is 84.9 Å². The van der Waals surface area contributed by atoms with E-state index >= 15 is 0 Å². The lowest BCUT2D eigenvalue weighted by Gasteiger charge is -1.90. The van der Waals surface area contributed by atoms with Crippen molar-refractivity contribution in [3.63, 3.8) is 0 Å². The summed E-state index contributed by atoms with van der Waals surface area (Å²) in [5.74, 6) is 0. The molecule has 2 heteroatoms. The van der Waals surface area contributed by atoms with Crippen LogP contribution >= 0.6 is 0 Å². The van der Waals surface area contributed by atoms with Gasteiger partial charge in [0.1, 0.15) is 0 Å². The molecule has 0 amide bonds. The molecule has 0 saturated carbocycles. The second-order valence-electron chi connectivity index (χ2n) is 7.59. The first-order valence-electron chi connectivity index (χ1n) is 10.7. The summed E-state index contributed by atoms with van der Waals surface area (Å²) in [6.45, 7) is 0. The van der Waals surface area contributed by atoms with Gasteiger partial charge in [-0.3, -0.25) is 9.59 Å². The zero-order valence-corrected chi connectivity index (χ0v) is 18.1. The van der Waals surface area contributed by atoms with Crippen molar-refractivity contribution in [1.29, 1.82) is 0 Å². The van der Waals surface area contributed by atoms with E-state index < -0.39 is 10.9 Å². The molecule has 0 heterocycles. The molecule has 0 fully saturated rings. The molecule has 5 rings (SSSR count). The Bertz CT molecular complexity index is 1670. The average Bonchev–Trinajstić information content (AvgIpc) is 2.89. The van der Waals surface area contributed by atoms with E-state index in [4.69, 9.17) is 0 Å². The third-order valence-corrected chi connectivity index (χ3v) is 5.40. The van der Waals surface area contributed by atoms with Crippen LogP contribution in [0.1, 0.15) is 0 Å². The zero-order valence-electron chi connectivity index (χ0n) is 18.1. The Hall–Kier alpha value is -5.10. The Labute approximate surface area is 197 Å². The molecule has 0 radical (unpaired) electrons. The fourth-order valence-corrected chi connectivity index (χ4v) is 3.63. The Morgan fingerprint density at radius 1 is 0.324 bits per heavy atom. The summed E-state index contributed by atoms with van der Waals surface area (Å²) < 4.78 is 0. The molecule has 0 aliphatic heterocycles. The maximum Gasteiger partial charge on any atom is 0.234 e. The molecule has 0 bridgehead atoms. The van der Waals surface area contributed by atoms with Gasteiger partial charge in [-0.15, -0.1) is 0 Å². The van der Waals surface area contributed by atoms with Crippen LogP contribution in [-0.2, 0) is 0 Å². The normalized spacial score (nSPS) is 9.88. The van der Waals surface area contributed by atoms with Crippen molar-refractivity contribution in [3.05, 3.63) is 154 Å². The van der Waals surface area contributed by atoms with Crippen molar-refractivity contribution in [3.8, 4) is 0 Å². The highest BCUT2D eigenvalue weighted by molar-refractivity contribution is 5.85. The second kappa shape index (κ2) is 9.18. The first-order chi connectivity index (χ1) is 16.7. The molecule has 2 nitrogen and oxygen atoms in total. The molecule has 0 atom stereocenters. The molecule has 34 heavy (non-hydrogen) atoms. The summed E-state index contributed by atoms with van der Waals surface area (Å²) in [6.07, 6.45) is 0. The van der Waals surface area contributed by atoms with Crippen LogP contribution in [0.4, 0.5) is 0 Å². The Morgan fingerprint density at radius 3 is 0.882 bits per heavy atom. The molecule has 0 spiro atoms.